The zero-order valence-electron chi connectivity index (χ0n) is 16.7. The van der Waals surface area contributed by atoms with Gasteiger partial charge in [0.25, 0.3) is 5.56 Å². The normalized spacial score (nSPS) is 10.9. The minimum atomic E-state index is -0.831. The molecule has 0 aliphatic carbocycles. The first-order valence-corrected chi connectivity index (χ1v) is 8.98. The van der Waals surface area contributed by atoms with Crippen LogP contribution in [-0.2, 0) is 20.1 Å². The molecule has 0 fully saturated rings. The number of aromatic nitrogens is 4. The van der Waals surface area contributed by atoms with Gasteiger partial charge < -0.3 is 5.73 Å². The highest BCUT2D eigenvalue weighted by Gasteiger charge is 2.26. The molecule has 11 nitrogen and oxygen atoms in total. The van der Waals surface area contributed by atoms with Crippen LogP contribution in [0.4, 0.5) is 11.5 Å². The Morgan fingerprint density at radius 3 is 2.40 bits per heavy atom. The van der Waals surface area contributed by atoms with Gasteiger partial charge >= 0.3 is 11.4 Å². The van der Waals surface area contributed by atoms with Gasteiger partial charge in [-0.25, -0.2) is 4.79 Å². The monoisotopic (exact) mass is 412 g/mol. The van der Waals surface area contributed by atoms with Crippen LogP contribution in [0.25, 0.3) is 0 Å². The maximum Gasteiger partial charge on any atom is 0.332 e. The molecular weight excluding hydrogens is 392 g/mol. The van der Waals surface area contributed by atoms with E-state index in [9.17, 15) is 24.5 Å². The summed E-state index contributed by atoms with van der Waals surface area (Å²) in [6.45, 7) is 2.57. The van der Waals surface area contributed by atoms with Crippen LogP contribution in [0.15, 0.2) is 39.9 Å². The van der Waals surface area contributed by atoms with E-state index in [0.717, 1.165) is 19.4 Å². The van der Waals surface area contributed by atoms with E-state index in [2.05, 4.69) is 5.10 Å². The number of nitrogens with zero attached hydrogens (tertiary/aromatic N) is 5. The standard InChI is InChI=1S/C19H20N6O5/c1-11-16(25(29)30)12(2)24(21-11)10-14(26)15-17(20)23(19(28)22(3)18(15)27)9-13-7-5-4-6-8-13/h4-8H,9-10,20H2,1-3H3. The summed E-state index contributed by atoms with van der Waals surface area (Å²) in [5.74, 6) is -0.955. The van der Waals surface area contributed by atoms with Crippen molar-refractivity contribution in [2.75, 3.05) is 5.73 Å². The maximum atomic E-state index is 12.9. The summed E-state index contributed by atoms with van der Waals surface area (Å²) in [5, 5.41) is 15.2. The minimum Gasteiger partial charge on any atom is -0.384 e. The quantitative estimate of drug-likeness (QED) is 0.357. The third-order valence-electron chi connectivity index (χ3n) is 4.86. The van der Waals surface area contributed by atoms with Crippen molar-refractivity contribution < 1.29 is 9.72 Å². The van der Waals surface area contributed by atoms with Crippen molar-refractivity contribution in [3.63, 3.8) is 0 Å². The van der Waals surface area contributed by atoms with Crippen molar-refractivity contribution in [2.45, 2.75) is 26.9 Å². The summed E-state index contributed by atoms with van der Waals surface area (Å²) in [4.78, 5) is 48.7. The molecule has 0 amide bonds. The topological polar surface area (TPSA) is 148 Å². The number of aryl methyl sites for hydroxylation is 1. The molecule has 2 N–H and O–H groups in total. The van der Waals surface area contributed by atoms with E-state index < -0.39 is 28.5 Å². The van der Waals surface area contributed by atoms with Crippen molar-refractivity contribution in [2.24, 2.45) is 7.05 Å². The van der Waals surface area contributed by atoms with Crippen LogP contribution in [0, 0.1) is 24.0 Å². The first kappa shape index (κ1) is 20.7. The van der Waals surface area contributed by atoms with Gasteiger partial charge in [0.1, 0.15) is 29.3 Å². The molecule has 3 rings (SSSR count). The number of hydrogen-bond acceptors (Lipinski definition) is 7. The fraction of sp³-hybridized carbons (Fsp3) is 0.263. The van der Waals surface area contributed by atoms with Crippen LogP contribution >= 0.6 is 0 Å². The molecule has 0 saturated carbocycles. The highest BCUT2D eigenvalue weighted by molar-refractivity contribution is 5.99. The number of anilines is 1. The minimum absolute atomic E-state index is 0.0747. The highest BCUT2D eigenvalue weighted by atomic mass is 16.6. The van der Waals surface area contributed by atoms with E-state index in [0.29, 0.717) is 0 Å². The predicted octanol–water partition coefficient (Wildman–Crippen LogP) is 0.782. The van der Waals surface area contributed by atoms with E-state index in [-0.39, 0.29) is 35.0 Å². The smallest absolute Gasteiger partial charge is 0.332 e. The summed E-state index contributed by atoms with van der Waals surface area (Å²) in [6.07, 6.45) is 0. The average Bonchev–Trinajstić information content (AvgIpc) is 2.97. The fourth-order valence-corrected chi connectivity index (χ4v) is 3.28. The average molecular weight is 412 g/mol. The lowest BCUT2D eigenvalue weighted by atomic mass is 10.1. The Labute approximate surface area is 170 Å². The summed E-state index contributed by atoms with van der Waals surface area (Å²) < 4.78 is 3.12. The van der Waals surface area contributed by atoms with Gasteiger partial charge in [0.05, 0.1) is 11.5 Å². The van der Waals surface area contributed by atoms with Gasteiger partial charge in [-0.2, -0.15) is 5.10 Å². The first-order valence-electron chi connectivity index (χ1n) is 8.98. The SMILES string of the molecule is Cc1nn(CC(=O)c2c(N)n(Cc3ccccc3)c(=O)n(C)c2=O)c(C)c1[N+](=O)[O-]. The molecule has 1 aromatic carbocycles. The van der Waals surface area contributed by atoms with Gasteiger partial charge in [-0.1, -0.05) is 30.3 Å². The molecule has 30 heavy (non-hydrogen) atoms. The fourth-order valence-electron chi connectivity index (χ4n) is 3.28. The van der Waals surface area contributed by atoms with E-state index in [4.69, 9.17) is 5.73 Å². The molecule has 0 atom stereocenters. The molecular formula is C19H20N6O5. The molecule has 0 aliphatic rings. The van der Waals surface area contributed by atoms with Crippen molar-refractivity contribution in [1.82, 2.24) is 18.9 Å². The van der Waals surface area contributed by atoms with Crippen LogP contribution in [-0.4, -0.2) is 29.6 Å². The van der Waals surface area contributed by atoms with Gasteiger partial charge in [0.15, 0.2) is 5.78 Å². The zero-order chi connectivity index (χ0) is 22.2. The van der Waals surface area contributed by atoms with Gasteiger partial charge in [-0.15, -0.1) is 0 Å². The van der Waals surface area contributed by atoms with E-state index in [1.165, 1.54) is 20.9 Å². The second-order valence-corrected chi connectivity index (χ2v) is 6.84. The van der Waals surface area contributed by atoms with Crippen LogP contribution in [0.3, 0.4) is 0 Å². The van der Waals surface area contributed by atoms with Gasteiger partial charge in [-0.3, -0.25) is 33.5 Å². The first-order chi connectivity index (χ1) is 14.1. The predicted molar refractivity (Wildman–Crippen MR) is 109 cm³/mol. The van der Waals surface area contributed by atoms with Crippen LogP contribution in [0.1, 0.15) is 27.3 Å². The molecule has 0 bridgehead atoms. The molecule has 0 aliphatic heterocycles. The molecule has 2 heterocycles. The number of Topliss-reactive ketones (excluding diaryl/α,β-unsaturated/α-hetero) is 1. The Balaban J connectivity index is 2.07. The number of nitro groups is 1. The van der Waals surface area contributed by atoms with Gasteiger partial charge in [0, 0.05) is 7.05 Å². The maximum absolute atomic E-state index is 12.9. The Morgan fingerprint density at radius 2 is 1.83 bits per heavy atom. The lowest BCUT2D eigenvalue weighted by Gasteiger charge is -2.15. The van der Waals surface area contributed by atoms with Crippen LogP contribution < -0.4 is 17.0 Å². The van der Waals surface area contributed by atoms with Gasteiger partial charge in [-0.05, 0) is 19.4 Å². The Hall–Kier alpha value is -4.02. The third-order valence-corrected chi connectivity index (χ3v) is 4.86. The summed E-state index contributed by atoms with van der Waals surface area (Å²) in [5.41, 5.74) is 5.12. The Kier molecular flexibility index (Phi) is 5.37. The molecule has 2 aromatic heterocycles. The number of nitrogens with two attached hydrogens (primary N) is 1. The molecule has 0 saturated heterocycles. The molecule has 0 unspecified atom stereocenters. The van der Waals surface area contributed by atoms with E-state index in [1.807, 2.05) is 6.07 Å². The largest absolute Gasteiger partial charge is 0.384 e. The highest BCUT2D eigenvalue weighted by Crippen LogP contribution is 2.22. The van der Waals surface area contributed by atoms with Crippen molar-refractivity contribution in [3.8, 4) is 0 Å². The molecule has 3 aromatic rings. The second kappa shape index (κ2) is 7.78. The Morgan fingerprint density at radius 1 is 1.20 bits per heavy atom. The molecule has 0 radical (unpaired) electrons. The number of ketones is 1. The van der Waals surface area contributed by atoms with Gasteiger partial charge in [0.2, 0.25) is 0 Å². The number of hydrogen-bond donors (Lipinski definition) is 1. The van der Waals surface area contributed by atoms with Crippen molar-refractivity contribution in [3.05, 3.63) is 83.8 Å². The number of carbonyl (C=O) groups is 1. The summed E-state index contributed by atoms with van der Waals surface area (Å²) in [7, 11) is 1.26. The number of benzene rings is 1. The lowest BCUT2D eigenvalue weighted by molar-refractivity contribution is -0.386. The van der Waals surface area contributed by atoms with Crippen LogP contribution in [0.5, 0.6) is 0 Å². The molecule has 11 heteroatoms. The number of nitrogen functional groups attached to an aromatic ring is 1. The molecule has 0 spiro atoms. The van der Waals surface area contributed by atoms with E-state index >= 15 is 0 Å². The zero-order valence-corrected chi connectivity index (χ0v) is 16.7. The van der Waals surface area contributed by atoms with E-state index in [1.54, 1.807) is 24.3 Å². The summed E-state index contributed by atoms with van der Waals surface area (Å²) >= 11 is 0. The lowest BCUT2D eigenvalue weighted by Crippen LogP contribution is -2.43. The third kappa shape index (κ3) is 3.52. The van der Waals surface area contributed by atoms with Crippen LogP contribution in [0.2, 0.25) is 0 Å². The summed E-state index contributed by atoms with van der Waals surface area (Å²) in [6, 6.07) is 8.97. The van der Waals surface area contributed by atoms with Crippen molar-refractivity contribution in [1.29, 1.82) is 0 Å². The second-order valence-electron chi connectivity index (χ2n) is 6.84. The molecule has 156 valence electrons. The number of carbonyl (C=O) groups excluding carboxylic acids is 1. The number of rotatable bonds is 6. The van der Waals surface area contributed by atoms with Crippen molar-refractivity contribution >= 4 is 17.3 Å². The Bertz CT molecular complexity index is 1270.